The number of pyridine rings is 1. The molecule has 1 aromatic heterocycles. The Morgan fingerprint density at radius 2 is 1.74 bits per heavy atom. The number of aliphatic imine (C=N–C) groups is 1. The average Bonchev–Trinajstić information content (AvgIpc) is 2.70. The maximum atomic E-state index is 5.38. The third kappa shape index (κ3) is 8.94. The second-order valence-electron chi connectivity index (χ2n) is 5.84. The van der Waals surface area contributed by atoms with Crippen molar-refractivity contribution in [1.82, 2.24) is 15.6 Å². The quantitative estimate of drug-likeness (QED) is 0.209. The molecule has 1 heterocycles. The van der Waals surface area contributed by atoms with Crippen LogP contribution in [0.2, 0.25) is 0 Å². The monoisotopic (exact) mass is 483 g/mol. The molecular weight excluding hydrogens is 453 g/mol. The fourth-order valence-corrected chi connectivity index (χ4v) is 2.59. The minimum Gasteiger partial charge on any atom is -0.496 e. The second kappa shape index (κ2) is 14.1. The highest BCUT2D eigenvalue weighted by molar-refractivity contribution is 14.0. The van der Waals surface area contributed by atoms with E-state index < -0.39 is 0 Å². The zero-order valence-corrected chi connectivity index (χ0v) is 18.4. The Morgan fingerprint density at radius 3 is 2.48 bits per heavy atom. The van der Waals surface area contributed by atoms with Crippen molar-refractivity contribution in [3.05, 3.63) is 54.2 Å². The number of nitrogens with one attached hydrogen (secondary N) is 3. The number of ether oxygens (including phenoxy) is 1. The summed E-state index contributed by atoms with van der Waals surface area (Å²) in [5.74, 6) is 2.68. The lowest BCUT2D eigenvalue weighted by Crippen LogP contribution is -2.38. The van der Waals surface area contributed by atoms with Gasteiger partial charge in [-0.1, -0.05) is 24.3 Å². The number of unbranched alkanes of at least 4 members (excludes halogenated alkanes) is 1. The normalized spacial score (nSPS) is 10.7. The van der Waals surface area contributed by atoms with E-state index in [0.29, 0.717) is 0 Å². The third-order valence-electron chi connectivity index (χ3n) is 3.97. The summed E-state index contributed by atoms with van der Waals surface area (Å²) < 4.78 is 5.38. The van der Waals surface area contributed by atoms with E-state index in [4.69, 9.17) is 4.74 Å². The predicted octanol–water partition coefficient (Wildman–Crippen LogP) is 3.31. The maximum Gasteiger partial charge on any atom is 0.190 e. The molecular formula is C20H30IN5O. The number of guanidine groups is 1. The molecule has 0 fully saturated rings. The zero-order valence-electron chi connectivity index (χ0n) is 16.1. The highest BCUT2D eigenvalue weighted by atomic mass is 127. The largest absolute Gasteiger partial charge is 0.496 e. The van der Waals surface area contributed by atoms with Crippen LogP contribution in [-0.2, 0) is 6.42 Å². The van der Waals surface area contributed by atoms with Gasteiger partial charge in [-0.15, -0.1) is 24.0 Å². The molecule has 0 saturated carbocycles. The molecule has 2 rings (SSSR count). The van der Waals surface area contributed by atoms with E-state index in [2.05, 4.69) is 32.0 Å². The van der Waals surface area contributed by atoms with E-state index in [1.165, 1.54) is 5.56 Å². The number of halogens is 1. The van der Waals surface area contributed by atoms with E-state index in [9.17, 15) is 0 Å². The molecule has 0 bridgehead atoms. The van der Waals surface area contributed by atoms with Crippen molar-refractivity contribution in [2.45, 2.75) is 19.3 Å². The van der Waals surface area contributed by atoms with E-state index in [-0.39, 0.29) is 24.0 Å². The molecule has 0 spiro atoms. The summed E-state index contributed by atoms with van der Waals surface area (Å²) in [5.41, 5.74) is 1.19. The van der Waals surface area contributed by atoms with Crippen molar-refractivity contribution in [3.63, 3.8) is 0 Å². The van der Waals surface area contributed by atoms with Crippen LogP contribution in [0.15, 0.2) is 53.7 Å². The first-order chi connectivity index (χ1) is 12.8. The van der Waals surface area contributed by atoms with Crippen LogP contribution in [0.4, 0.5) is 5.82 Å². The van der Waals surface area contributed by atoms with Crippen LogP contribution in [0, 0.1) is 0 Å². The first-order valence-electron chi connectivity index (χ1n) is 9.05. The Bertz CT molecular complexity index is 666. The maximum absolute atomic E-state index is 5.38. The number of hydrogen-bond acceptors (Lipinski definition) is 4. The highest BCUT2D eigenvalue weighted by Crippen LogP contribution is 2.17. The second-order valence-corrected chi connectivity index (χ2v) is 5.84. The topological polar surface area (TPSA) is 70.6 Å². The first kappa shape index (κ1) is 23.0. The number of nitrogens with zero attached hydrogens (tertiary/aromatic N) is 2. The van der Waals surface area contributed by atoms with E-state index in [1.807, 2.05) is 36.4 Å². The van der Waals surface area contributed by atoms with E-state index in [0.717, 1.165) is 56.4 Å². The molecule has 0 saturated heterocycles. The number of methoxy groups -OCH3 is 1. The van der Waals surface area contributed by atoms with Crippen LogP contribution < -0.4 is 20.7 Å². The predicted molar refractivity (Wildman–Crippen MR) is 123 cm³/mol. The molecule has 0 aliphatic rings. The SMILES string of the molecule is CN=C(NCCCCNc1ccccn1)NCCc1ccccc1OC.I. The van der Waals surface area contributed by atoms with Crippen molar-refractivity contribution >= 4 is 35.8 Å². The average molecular weight is 483 g/mol. The van der Waals surface area contributed by atoms with Crippen LogP contribution in [0.3, 0.4) is 0 Å². The number of aromatic nitrogens is 1. The molecule has 0 atom stereocenters. The molecule has 0 aliphatic carbocycles. The van der Waals surface area contributed by atoms with Gasteiger partial charge in [0.15, 0.2) is 5.96 Å². The molecule has 1 aromatic carbocycles. The molecule has 27 heavy (non-hydrogen) atoms. The molecule has 6 nitrogen and oxygen atoms in total. The molecule has 148 valence electrons. The van der Waals surface area contributed by atoms with Gasteiger partial charge in [0.2, 0.25) is 0 Å². The summed E-state index contributed by atoms with van der Waals surface area (Å²) in [6.07, 6.45) is 4.82. The fourth-order valence-electron chi connectivity index (χ4n) is 2.59. The van der Waals surface area contributed by atoms with Crippen LogP contribution >= 0.6 is 24.0 Å². The van der Waals surface area contributed by atoms with Crippen molar-refractivity contribution in [1.29, 1.82) is 0 Å². The van der Waals surface area contributed by atoms with Crippen LogP contribution in [0.1, 0.15) is 18.4 Å². The van der Waals surface area contributed by atoms with Crippen LogP contribution in [-0.4, -0.2) is 44.7 Å². The first-order valence-corrected chi connectivity index (χ1v) is 9.05. The van der Waals surface area contributed by atoms with Gasteiger partial charge in [0.05, 0.1) is 7.11 Å². The summed E-state index contributed by atoms with van der Waals surface area (Å²) in [6, 6.07) is 14.0. The van der Waals surface area contributed by atoms with Gasteiger partial charge in [-0.2, -0.15) is 0 Å². The lowest BCUT2D eigenvalue weighted by atomic mass is 10.1. The summed E-state index contributed by atoms with van der Waals surface area (Å²) in [7, 11) is 3.50. The lowest BCUT2D eigenvalue weighted by molar-refractivity contribution is 0.409. The number of hydrogen-bond donors (Lipinski definition) is 3. The van der Waals surface area contributed by atoms with Crippen molar-refractivity contribution < 1.29 is 4.74 Å². The van der Waals surface area contributed by atoms with Crippen molar-refractivity contribution in [2.24, 2.45) is 4.99 Å². The lowest BCUT2D eigenvalue weighted by Gasteiger charge is -2.13. The Hall–Kier alpha value is -2.03. The van der Waals surface area contributed by atoms with Gasteiger partial charge >= 0.3 is 0 Å². The Balaban J connectivity index is 0.00000364. The molecule has 0 aliphatic heterocycles. The minimum atomic E-state index is 0. The van der Waals surface area contributed by atoms with Crippen LogP contribution in [0.5, 0.6) is 5.75 Å². The van der Waals surface area contributed by atoms with Gasteiger partial charge in [-0.3, -0.25) is 4.99 Å². The smallest absolute Gasteiger partial charge is 0.190 e. The van der Waals surface area contributed by atoms with Gasteiger partial charge in [-0.25, -0.2) is 4.98 Å². The number of rotatable bonds is 10. The molecule has 7 heteroatoms. The standard InChI is InChI=1S/C20H29N5O.HI/c1-21-20(25-16-12-17-9-3-4-10-18(17)26-2)24-15-8-7-14-23-19-11-5-6-13-22-19;/h3-6,9-11,13H,7-8,12,14-16H2,1-2H3,(H,22,23)(H2,21,24,25);1H. The summed E-state index contributed by atoms with van der Waals surface area (Å²) in [6.45, 7) is 2.61. The van der Waals surface area contributed by atoms with Gasteiger partial charge in [0, 0.05) is 32.9 Å². The number of benzene rings is 1. The molecule has 0 radical (unpaired) electrons. The molecule has 3 N–H and O–H groups in total. The summed E-state index contributed by atoms with van der Waals surface area (Å²) in [5, 5.41) is 10.0. The molecule has 2 aromatic rings. The Morgan fingerprint density at radius 1 is 1.00 bits per heavy atom. The van der Waals surface area contributed by atoms with Gasteiger partial charge < -0.3 is 20.7 Å². The number of para-hydroxylation sites is 1. The zero-order chi connectivity index (χ0) is 18.5. The van der Waals surface area contributed by atoms with Gasteiger partial charge in [0.25, 0.3) is 0 Å². The molecule has 0 amide bonds. The Labute approximate surface area is 179 Å². The molecule has 0 unspecified atom stereocenters. The third-order valence-corrected chi connectivity index (χ3v) is 3.97. The van der Waals surface area contributed by atoms with Crippen molar-refractivity contribution in [3.8, 4) is 5.75 Å². The fraction of sp³-hybridized carbons (Fsp3) is 0.400. The Kier molecular flexibility index (Phi) is 12.0. The number of anilines is 1. The van der Waals surface area contributed by atoms with Crippen LogP contribution in [0.25, 0.3) is 0 Å². The van der Waals surface area contributed by atoms with Crippen molar-refractivity contribution in [2.75, 3.05) is 39.1 Å². The summed E-state index contributed by atoms with van der Waals surface area (Å²) >= 11 is 0. The van der Waals surface area contributed by atoms with Gasteiger partial charge in [-0.05, 0) is 43.0 Å². The van der Waals surface area contributed by atoms with E-state index >= 15 is 0 Å². The minimum absolute atomic E-state index is 0. The highest BCUT2D eigenvalue weighted by Gasteiger charge is 2.02. The van der Waals surface area contributed by atoms with E-state index in [1.54, 1.807) is 20.4 Å². The van der Waals surface area contributed by atoms with Gasteiger partial charge in [0.1, 0.15) is 11.6 Å². The summed E-state index contributed by atoms with van der Waals surface area (Å²) in [4.78, 5) is 8.51.